The lowest BCUT2D eigenvalue weighted by molar-refractivity contribution is -0.118. The van der Waals surface area contributed by atoms with Gasteiger partial charge in [0.05, 0.1) is 0 Å². The lowest BCUT2D eigenvalue weighted by atomic mass is 10.1. The minimum atomic E-state index is 0.185. The van der Waals surface area contributed by atoms with Crippen molar-refractivity contribution in [3.63, 3.8) is 0 Å². The van der Waals surface area contributed by atoms with E-state index in [-0.39, 0.29) is 5.91 Å². The van der Waals surface area contributed by atoms with Crippen LogP contribution in [0.5, 0.6) is 11.5 Å². The Labute approximate surface area is 135 Å². The summed E-state index contributed by atoms with van der Waals surface area (Å²) in [6.45, 7) is 1.97. The molecule has 0 fully saturated rings. The van der Waals surface area contributed by atoms with Gasteiger partial charge in [-0.3, -0.25) is 4.79 Å². The number of anilines is 1. The van der Waals surface area contributed by atoms with Crippen LogP contribution in [0, 0.1) is 0 Å². The number of ether oxygens (including phenoxy) is 2. The van der Waals surface area contributed by atoms with E-state index < -0.39 is 0 Å². The summed E-state index contributed by atoms with van der Waals surface area (Å²) in [5.74, 6) is 1.76. The number of aryl methyl sites for hydroxylation is 1. The summed E-state index contributed by atoms with van der Waals surface area (Å²) in [6, 6.07) is 14.1. The van der Waals surface area contributed by atoms with Gasteiger partial charge in [-0.2, -0.15) is 0 Å². The van der Waals surface area contributed by atoms with Crippen LogP contribution < -0.4 is 14.4 Å². The second kappa shape index (κ2) is 5.95. The quantitative estimate of drug-likeness (QED) is 0.875. The first-order valence-electron chi connectivity index (χ1n) is 8.08. The van der Waals surface area contributed by atoms with Gasteiger partial charge in [0.2, 0.25) is 5.91 Å². The monoisotopic (exact) mass is 309 g/mol. The number of hydrogen-bond donors (Lipinski definition) is 0. The first kappa shape index (κ1) is 14.1. The van der Waals surface area contributed by atoms with Crippen molar-refractivity contribution in [3.8, 4) is 11.5 Å². The Balaban J connectivity index is 1.42. The molecular formula is C19H19NO3. The zero-order chi connectivity index (χ0) is 15.6. The smallest absolute Gasteiger partial charge is 0.227 e. The maximum absolute atomic E-state index is 12.5. The van der Waals surface area contributed by atoms with Gasteiger partial charge in [0.1, 0.15) is 13.2 Å². The lowest BCUT2D eigenvalue weighted by Crippen LogP contribution is -2.29. The normalized spacial score (nSPS) is 15.4. The molecule has 2 aromatic rings. The second-order valence-electron chi connectivity index (χ2n) is 5.90. The molecule has 0 atom stereocenters. The molecule has 0 aliphatic carbocycles. The molecule has 0 saturated carbocycles. The molecule has 4 rings (SSSR count). The summed E-state index contributed by atoms with van der Waals surface area (Å²) in [6.07, 6.45) is 2.17. The van der Waals surface area contributed by atoms with Gasteiger partial charge in [0.15, 0.2) is 11.5 Å². The molecule has 0 unspecified atom stereocenters. The van der Waals surface area contributed by atoms with Crippen LogP contribution in [-0.4, -0.2) is 25.7 Å². The van der Waals surface area contributed by atoms with Crippen LogP contribution in [0.25, 0.3) is 0 Å². The van der Waals surface area contributed by atoms with Gasteiger partial charge in [-0.1, -0.05) is 24.3 Å². The molecule has 23 heavy (non-hydrogen) atoms. The number of fused-ring (bicyclic) bond motifs is 2. The SMILES string of the molecule is O=C(CCc1ccc2c(c1)OCCO2)N1CCc2ccccc21. The van der Waals surface area contributed by atoms with Crippen LogP contribution in [0.1, 0.15) is 17.5 Å². The molecule has 118 valence electrons. The van der Waals surface area contributed by atoms with Crippen molar-refractivity contribution in [2.45, 2.75) is 19.3 Å². The minimum Gasteiger partial charge on any atom is -0.486 e. The summed E-state index contributed by atoms with van der Waals surface area (Å²) >= 11 is 0. The Morgan fingerprint density at radius 1 is 1.04 bits per heavy atom. The lowest BCUT2D eigenvalue weighted by Gasteiger charge is -2.19. The third-order valence-corrected chi connectivity index (χ3v) is 4.42. The molecule has 1 amide bonds. The molecule has 0 saturated heterocycles. The average Bonchev–Trinajstić information content (AvgIpc) is 3.03. The topological polar surface area (TPSA) is 38.8 Å². The van der Waals surface area contributed by atoms with Gasteiger partial charge in [0, 0.05) is 18.7 Å². The van der Waals surface area contributed by atoms with E-state index in [0.717, 1.165) is 35.7 Å². The largest absolute Gasteiger partial charge is 0.486 e. The molecule has 0 bridgehead atoms. The predicted octanol–water partition coefficient (Wildman–Crippen LogP) is 2.98. The number of nitrogens with zero attached hydrogens (tertiary/aromatic N) is 1. The standard InChI is InChI=1S/C19H19NO3/c21-19(20-10-9-15-3-1-2-4-16(15)20)8-6-14-5-7-17-18(13-14)23-12-11-22-17/h1-5,7,13H,6,8-12H2. The summed E-state index contributed by atoms with van der Waals surface area (Å²) in [7, 11) is 0. The number of carbonyl (C=O) groups is 1. The zero-order valence-electron chi connectivity index (χ0n) is 13.0. The van der Waals surface area contributed by atoms with Crippen LogP contribution in [-0.2, 0) is 17.6 Å². The van der Waals surface area contributed by atoms with E-state index in [1.807, 2.05) is 41.3 Å². The predicted molar refractivity (Wildman–Crippen MR) is 88.3 cm³/mol. The fraction of sp³-hybridized carbons (Fsp3) is 0.316. The Morgan fingerprint density at radius 2 is 1.87 bits per heavy atom. The van der Waals surface area contributed by atoms with Crippen LogP contribution >= 0.6 is 0 Å². The van der Waals surface area contributed by atoms with Gasteiger partial charge in [0.25, 0.3) is 0 Å². The second-order valence-corrected chi connectivity index (χ2v) is 5.90. The first-order chi connectivity index (χ1) is 11.3. The van der Waals surface area contributed by atoms with Crippen LogP contribution in [0.15, 0.2) is 42.5 Å². The Kier molecular flexibility index (Phi) is 3.66. The first-order valence-corrected chi connectivity index (χ1v) is 8.08. The number of rotatable bonds is 3. The highest BCUT2D eigenvalue weighted by Crippen LogP contribution is 2.32. The summed E-state index contributed by atoms with van der Waals surface area (Å²) in [5, 5.41) is 0. The van der Waals surface area contributed by atoms with Gasteiger partial charge in [-0.25, -0.2) is 0 Å². The van der Waals surface area contributed by atoms with Crippen molar-refractivity contribution >= 4 is 11.6 Å². The summed E-state index contributed by atoms with van der Waals surface area (Å²) < 4.78 is 11.1. The van der Waals surface area contributed by atoms with Gasteiger partial charge in [-0.05, 0) is 42.2 Å². The number of amides is 1. The fourth-order valence-corrected chi connectivity index (χ4v) is 3.23. The van der Waals surface area contributed by atoms with Crippen molar-refractivity contribution < 1.29 is 14.3 Å². The van der Waals surface area contributed by atoms with Gasteiger partial charge < -0.3 is 14.4 Å². The van der Waals surface area contributed by atoms with E-state index in [2.05, 4.69) is 6.07 Å². The molecule has 2 heterocycles. The van der Waals surface area contributed by atoms with Crippen molar-refractivity contribution in [1.82, 2.24) is 0 Å². The number of carbonyl (C=O) groups excluding carboxylic acids is 1. The van der Waals surface area contributed by atoms with Crippen molar-refractivity contribution in [3.05, 3.63) is 53.6 Å². The highest BCUT2D eigenvalue weighted by atomic mass is 16.6. The van der Waals surface area contributed by atoms with E-state index >= 15 is 0 Å². The van der Waals surface area contributed by atoms with E-state index in [1.165, 1.54) is 5.56 Å². The third kappa shape index (κ3) is 2.77. The average molecular weight is 309 g/mol. The minimum absolute atomic E-state index is 0.185. The van der Waals surface area contributed by atoms with E-state index in [0.29, 0.717) is 26.1 Å². The molecule has 0 spiro atoms. The molecule has 0 N–H and O–H groups in total. The molecule has 2 aliphatic rings. The number of benzene rings is 2. The summed E-state index contributed by atoms with van der Waals surface area (Å²) in [5.41, 5.74) is 3.44. The Morgan fingerprint density at radius 3 is 2.78 bits per heavy atom. The van der Waals surface area contributed by atoms with Gasteiger partial charge in [-0.15, -0.1) is 0 Å². The van der Waals surface area contributed by atoms with Crippen LogP contribution in [0.3, 0.4) is 0 Å². The molecular weight excluding hydrogens is 290 g/mol. The maximum Gasteiger partial charge on any atom is 0.227 e. The van der Waals surface area contributed by atoms with Crippen molar-refractivity contribution in [2.75, 3.05) is 24.7 Å². The van der Waals surface area contributed by atoms with Crippen molar-refractivity contribution in [1.29, 1.82) is 0 Å². The molecule has 0 radical (unpaired) electrons. The Hall–Kier alpha value is -2.49. The number of hydrogen-bond acceptors (Lipinski definition) is 3. The number of para-hydroxylation sites is 1. The zero-order valence-corrected chi connectivity index (χ0v) is 13.0. The highest BCUT2D eigenvalue weighted by Gasteiger charge is 2.23. The van der Waals surface area contributed by atoms with Crippen LogP contribution in [0.2, 0.25) is 0 Å². The summed E-state index contributed by atoms with van der Waals surface area (Å²) in [4.78, 5) is 14.5. The van der Waals surface area contributed by atoms with E-state index in [1.54, 1.807) is 0 Å². The highest BCUT2D eigenvalue weighted by molar-refractivity contribution is 5.95. The molecule has 4 heteroatoms. The Bertz CT molecular complexity index is 741. The third-order valence-electron chi connectivity index (χ3n) is 4.42. The molecule has 4 nitrogen and oxygen atoms in total. The molecule has 0 aromatic heterocycles. The van der Waals surface area contributed by atoms with Crippen LogP contribution in [0.4, 0.5) is 5.69 Å². The van der Waals surface area contributed by atoms with Crippen molar-refractivity contribution in [2.24, 2.45) is 0 Å². The fourth-order valence-electron chi connectivity index (χ4n) is 3.23. The van der Waals surface area contributed by atoms with Gasteiger partial charge >= 0.3 is 0 Å². The van der Waals surface area contributed by atoms with E-state index in [9.17, 15) is 4.79 Å². The van der Waals surface area contributed by atoms with E-state index in [4.69, 9.17) is 9.47 Å². The molecule has 2 aliphatic heterocycles. The maximum atomic E-state index is 12.5. The molecule has 2 aromatic carbocycles.